The number of aryl methyl sites for hydroxylation is 2. The minimum absolute atomic E-state index is 0.00546. The number of Topliss-reactive ketones (excluding diaryl/α,β-unsaturated/α-hetero) is 1. The fourth-order valence-corrected chi connectivity index (χ4v) is 3.79. The maximum absolute atomic E-state index is 12.4. The topological polar surface area (TPSA) is 46.4 Å². The Morgan fingerprint density at radius 3 is 1.87 bits per heavy atom. The van der Waals surface area contributed by atoms with Gasteiger partial charge in [0.1, 0.15) is 11.4 Å². The second kappa shape index (κ2) is 8.17. The molecule has 0 saturated carbocycles. The van der Waals surface area contributed by atoms with Crippen molar-refractivity contribution in [2.24, 2.45) is 0 Å². The van der Waals surface area contributed by atoms with E-state index in [4.69, 9.17) is 0 Å². The minimum atomic E-state index is 0.00546. The summed E-state index contributed by atoms with van der Waals surface area (Å²) < 4.78 is 0. The Morgan fingerprint density at radius 1 is 0.800 bits per heavy atom. The second-order valence-corrected chi connectivity index (χ2v) is 8.32. The number of rotatable bonds is 6. The first-order valence-electron chi connectivity index (χ1n) is 11.1. The molecule has 3 fully saturated rings. The van der Waals surface area contributed by atoms with Gasteiger partial charge in [0.25, 0.3) is 0 Å². The van der Waals surface area contributed by atoms with Gasteiger partial charge in [0, 0.05) is 64.1 Å². The summed E-state index contributed by atoms with van der Waals surface area (Å²) in [4.78, 5) is 32.8. The maximum Gasteiger partial charge on any atom is 0.227 e. The van der Waals surface area contributed by atoms with E-state index >= 15 is 0 Å². The zero-order chi connectivity index (χ0) is 21.4. The van der Waals surface area contributed by atoms with Gasteiger partial charge in [0.2, 0.25) is 11.6 Å². The summed E-state index contributed by atoms with van der Waals surface area (Å²) in [6, 6.07) is 6.67. The predicted octanol–water partition coefficient (Wildman–Crippen LogP) is 2.33. The van der Waals surface area contributed by atoms with E-state index < -0.39 is 0 Å². The van der Waals surface area contributed by atoms with Crippen LogP contribution in [0.5, 0.6) is 0 Å². The molecule has 3 saturated heterocycles. The van der Waals surface area contributed by atoms with E-state index in [1.165, 1.54) is 22.9 Å². The lowest BCUT2D eigenvalue weighted by Crippen LogP contribution is -2.29. The van der Waals surface area contributed by atoms with Gasteiger partial charge in [-0.1, -0.05) is 6.07 Å². The number of hydrogen-bond donors (Lipinski definition) is 0. The lowest BCUT2D eigenvalue weighted by molar-refractivity contribution is -0.117. The molecule has 0 unspecified atom stereocenters. The molecule has 3 heterocycles. The van der Waals surface area contributed by atoms with Crippen LogP contribution in [0.25, 0.3) is 0 Å². The first kappa shape index (κ1) is 20.5. The van der Waals surface area contributed by atoms with Crippen LogP contribution < -0.4 is 4.90 Å². The Labute approximate surface area is 179 Å². The summed E-state index contributed by atoms with van der Waals surface area (Å²) in [6.45, 7) is 16.3. The third-order valence-corrected chi connectivity index (χ3v) is 6.11. The molecule has 0 bridgehead atoms. The number of nitrogens with zero attached hydrogens (tertiary/aromatic N) is 4. The zero-order valence-corrected chi connectivity index (χ0v) is 18.6. The van der Waals surface area contributed by atoms with E-state index in [1.807, 2.05) is 14.7 Å². The minimum Gasteiger partial charge on any atom is -0.372 e. The van der Waals surface area contributed by atoms with Gasteiger partial charge in [-0.25, -0.2) is 0 Å². The lowest BCUT2D eigenvalue weighted by atomic mass is 10.0. The van der Waals surface area contributed by atoms with Gasteiger partial charge in [-0.3, -0.25) is 9.59 Å². The molecule has 0 aromatic heterocycles. The largest absolute Gasteiger partial charge is 0.372 e. The third kappa shape index (κ3) is 4.23. The summed E-state index contributed by atoms with van der Waals surface area (Å²) >= 11 is 0. The van der Waals surface area contributed by atoms with Gasteiger partial charge in [-0.15, -0.1) is 0 Å². The summed E-state index contributed by atoms with van der Waals surface area (Å²) in [6.07, 6.45) is 1.52. The summed E-state index contributed by atoms with van der Waals surface area (Å²) in [5, 5.41) is 0. The van der Waals surface area contributed by atoms with Gasteiger partial charge in [0.05, 0.1) is 5.70 Å². The van der Waals surface area contributed by atoms with Crippen molar-refractivity contribution in [3.8, 4) is 0 Å². The molecule has 1 aromatic carbocycles. The molecule has 0 radical (unpaired) electrons. The molecule has 6 nitrogen and oxygen atoms in total. The van der Waals surface area contributed by atoms with Crippen LogP contribution in [-0.4, -0.2) is 78.6 Å². The maximum atomic E-state index is 12.4. The molecular weight excluding hydrogens is 376 g/mol. The van der Waals surface area contributed by atoms with Crippen molar-refractivity contribution in [3.05, 3.63) is 52.5 Å². The van der Waals surface area contributed by atoms with Crippen LogP contribution in [0.15, 0.2) is 41.4 Å². The quantitative estimate of drug-likeness (QED) is 0.532. The molecule has 1 aliphatic carbocycles. The SMILES string of the molecule is CCN(CC)c1ccc(C)c(C)c1.O=C1C=C(N2CC2)C(=O)C(N2CC2)=C1N1CC1. The Hall–Kier alpha value is -2.76. The van der Waals surface area contributed by atoms with Gasteiger partial charge < -0.3 is 19.6 Å². The van der Waals surface area contributed by atoms with Crippen molar-refractivity contribution in [3.63, 3.8) is 0 Å². The molecular formula is C24H32N4O2. The second-order valence-electron chi connectivity index (χ2n) is 8.32. The standard InChI is InChI=1S/C12H13N3O2.C12H19N/c16-9-7-8(13-1-2-13)12(17)11(15-5-6-15)10(9)14-3-4-14;1-5-13(6-2)12-8-7-10(3)11(4)9-12/h7H,1-6H2;7-9H,5-6H2,1-4H3. The molecule has 0 amide bonds. The highest BCUT2D eigenvalue weighted by atomic mass is 16.1. The monoisotopic (exact) mass is 408 g/mol. The number of carbonyl (C=O) groups is 2. The molecule has 160 valence electrons. The molecule has 3 aliphatic heterocycles. The van der Waals surface area contributed by atoms with Crippen LogP contribution in [0.3, 0.4) is 0 Å². The van der Waals surface area contributed by atoms with Crippen LogP contribution in [-0.2, 0) is 9.59 Å². The van der Waals surface area contributed by atoms with Crippen molar-refractivity contribution in [1.82, 2.24) is 14.7 Å². The predicted molar refractivity (Wildman–Crippen MR) is 119 cm³/mol. The Morgan fingerprint density at radius 2 is 1.37 bits per heavy atom. The van der Waals surface area contributed by atoms with E-state index in [2.05, 4.69) is 50.8 Å². The summed E-state index contributed by atoms with van der Waals surface area (Å²) in [5.74, 6) is 0.0485. The van der Waals surface area contributed by atoms with Gasteiger partial charge >= 0.3 is 0 Å². The van der Waals surface area contributed by atoms with Crippen LogP contribution in [0, 0.1) is 13.8 Å². The molecule has 5 rings (SSSR count). The van der Waals surface area contributed by atoms with Crippen LogP contribution in [0.2, 0.25) is 0 Å². The van der Waals surface area contributed by atoms with Crippen molar-refractivity contribution in [2.75, 3.05) is 57.3 Å². The molecule has 30 heavy (non-hydrogen) atoms. The summed E-state index contributed by atoms with van der Waals surface area (Å²) in [7, 11) is 0. The van der Waals surface area contributed by atoms with E-state index in [0.717, 1.165) is 52.4 Å². The molecule has 6 heteroatoms. The molecule has 4 aliphatic rings. The van der Waals surface area contributed by atoms with Crippen molar-refractivity contribution in [1.29, 1.82) is 0 Å². The highest BCUT2D eigenvalue weighted by molar-refractivity contribution is 6.22. The number of ketones is 2. The number of allylic oxidation sites excluding steroid dienone is 1. The highest BCUT2D eigenvalue weighted by Crippen LogP contribution is 2.33. The van der Waals surface area contributed by atoms with Gasteiger partial charge in [-0.2, -0.15) is 0 Å². The zero-order valence-electron chi connectivity index (χ0n) is 18.6. The van der Waals surface area contributed by atoms with E-state index in [-0.39, 0.29) is 11.6 Å². The normalized spacial score (nSPS) is 19.5. The third-order valence-electron chi connectivity index (χ3n) is 6.11. The number of anilines is 1. The van der Waals surface area contributed by atoms with Crippen LogP contribution in [0.4, 0.5) is 5.69 Å². The first-order valence-corrected chi connectivity index (χ1v) is 11.1. The summed E-state index contributed by atoms with van der Waals surface area (Å²) in [5.41, 5.74) is 5.98. The molecule has 0 atom stereocenters. The fraction of sp³-hybridized carbons (Fsp3) is 0.500. The number of carbonyl (C=O) groups excluding carboxylic acids is 2. The van der Waals surface area contributed by atoms with Crippen molar-refractivity contribution >= 4 is 17.3 Å². The van der Waals surface area contributed by atoms with E-state index in [1.54, 1.807) is 0 Å². The average Bonchev–Trinajstić information content (AvgIpc) is 3.57. The van der Waals surface area contributed by atoms with Crippen molar-refractivity contribution < 1.29 is 9.59 Å². The van der Waals surface area contributed by atoms with E-state index in [9.17, 15) is 9.59 Å². The van der Waals surface area contributed by atoms with Crippen LogP contribution >= 0.6 is 0 Å². The first-order chi connectivity index (χ1) is 14.4. The lowest BCUT2D eigenvalue weighted by Gasteiger charge is -2.21. The highest BCUT2D eigenvalue weighted by Gasteiger charge is 2.43. The van der Waals surface area contributed by atoms with E-state index in [0.29, 0.717) is 17.1 Å². The smallest absolute Gasteiger partial charge is 0.227 e. The average molecular weight is 409 g/mol. The van der Waals surface area contributed by atoms with Gasteiger partial charge in [-0.05, 0) is 51.0 Å². The molecule has 1 aromatic rings. The number of hydrogen-bond acceptors (Lipinski definition) is 6. The molecule has 0 N–H and O–H groups in total. The van der Waals surface area contributed by atoms with Crippen LogP contribution in [0.1, 0.15) is 25.0 Å². The molecule has 0 spiro atoms. The number of benzene rings is 1. The Bertz CT molecular complexity index is 917. The fourth-order valence-electron chi connectivity index (χ4n) is 3.79. The van der Waals surface area contributed by atoms with Gasteiger partial charge in [0.15, 0.2) is 0 Å². The Kier molecular flexibility index (Phi) is 5.58. The van der Waals surface area contributed by atoms with Crippen molar-refractivity contribution in [2.45, 2.75) is 27.7 Å². The Balaban J connectivity index is 0.000000152.